The minimum Gasteiger partial charge on any atom is -0.396 e. The van der Waals surface area contributed by atoms with Gasteiger partial charge in [-0.2, -0.15) is 0 Å². The number of aliphatic hydroxyl groups excluding tert-OH is 1. The number of hydrogen-bond acceptors (Lipinski definition) is 4. The van der Waals surface area contributed by atoms with Crippen LogP contribution in [0.5, 0.6) is 0 Å². The van der Waals surface area contributed by atoms with Gasteiger partial charge in [-0.25, -0.2) is 4.98 Å². The second-order valence-electron chi connectivity index (χ2n) is 5.00. The first-order valence-electron chi connectivity index (χ1n) is 6.81. The van der Waals surface area contributed by atoms with Crippen LogP contribution in [-0.4, -0.2) is 23.2 Å². The zero-order chi connectivity index (χ0) is 15.2. The number of nitrogens with one attached hydrogen (secondary N) is 1. The van der Waals surface area contributed by atoms with Gasteiger partial charge in [-0.1, -0.05) is 30.1 Å². The van der Waals surface area contributed by atoms with E-state index in [1.807, 2.05) is 11.4 Å². The molecule has 0 fully saturated rings. The van der Waals surface area contributed by atoms with Gasteiger partial charge in [0.25, 0.3) is 0 Å². The van der Waals surface area contributed by atoms with Crippen LogP contribution in [0.25, 0.3) is 11.3 Å². The van der Waals surface area contributed by atoms with E-state index in [-0.39, 0.29) is 6.61 Å². The first kappa shape index (κ1) is 16.7. The number of nitrogens with zero attached hydrogens (tertiary/aromatic N) is 1. The Morgan fingerprint density at radius 2 is 2.19 bits per heavy atom. The Labute approximate surface area is 138 Å². The lowest BCUT2D eigenvalue weighted by Crippen LogP contribution is -2.21. The lowest BCUT2D eigenvalue weighted by molar-refractivity contribution is 0.260. The van der Waals surface area contributed by atoms with Crippen LogP contribution in [0.4, 0.5) is 0 Å². The average molecular weight is 345 g/mol. The summed E-state index contributed by atoms with van der Waals surface area (Å²) in [7, 11) is 0. The molecular formula is C15H18Cl2N2OS. The largest absolute Gasteiger partial charge is 0.396 e. The van der Waals surface area contributed by atoms with Gasteiger partial charge in [0.15, 0.2) is 0 Å². The van der Waals surface area contributed by atoms with E-state index in [1.165, 1.54) is 0 Å². The van der Waals surface area contributed by atoms with Crippen molar-refractivity contribution in [3.05, 3.63) is 38.6 Å². The molecule has 114 valence electrons. The number of rotatable bonds is 7. The topological polar surface area (TPSA) is 45.1 Å². The van der Waals surface area contributed by atoms with Crippen molar-refractivity contribution < 1.29 is 5.11 Å². The molecule has 0 saturated heterocycles. The van der Waals surface area contributed by atoms with Crippen LogP contribution in [0.15, 0.2) is 23.6 Å². The standard InChI is InChI=1S/C15H18Cl2N2OS/c1-10(4-5-20)7-18-8-15-19-14(9-21-15)12-6-11(16)2-3-13(12)17/h2-3,6,9-10,18,20H,4-5,7-8H2,1H3. The molecule has 1 aromatic heterocycles. The molecule has 21 heavy (non-hydrogen) atoms. The Kier molecular flexibility index (Phi) is 6.45. The molecule has 2 rings (SSSR count). The summed E-state index contributed by atoms with van der Waals surface area (Å²) in [6.07, 6.45) is 0.814. The van der Waals surface area contributed by atoms with Crippen LogP contribution in [0.1, 0.15) is 18.4 Å². The molecule has 0 spiro atoms. The van der Waals surface area contributed by atoms with E-state index < -0.39 is 0 Å². The number of thiazole rings is 1. The van der Waals surface area contributed by atoms with E-state index >= 15 is 0 Å². The van der Waals surface area contributed by atoms with Gasteiger partial charge in [0.2, 0.25) is 0 Å². The second-order valence-corrected chi connectivity index (χ2v) is 6.79. The van der Waals surface area contributed by atoms with Crippen molar-refractivity contribution in [2.24, 2.45) is 5.92 Å². The van der Waals surface area contributed by atoms with Gasteiger partial charge in [0.1, 0.15) is 5.01 Å². The molecule has 3 nitrogen and oxygen atoms in total. The summed E-state index contributed by atoms with van der Waals surface area (Å²) in [5.41, 5.74) is 1.72. The number of aromatic nitrogens is 1. The Bertz CT molecular complexity index is 589. The molecule has 1 aromatic carbocycles. The molecule has 0 radical (unpaired) electrons. The SMILES string of the molecule is CC(CCO)CNCc1nc(-c2cc(Cl)ccc2Cl)cs1. The fourth-order valence-corrected chi connectivity index (χ4v) is 3.11. The van der Waals surface area contributed by atoms with E-state index in [2.05, 4.69) is 17.2 Å². The van der Waals surface area contributed by atoms with Gasteiger partial charge in [0.05, 0.1) is 10.7 Å². The number of halogens is 2. The molecule has 1 unspecified atom stereocenters. The second kappa shape index (κ2) is 8.11. The maximum atomic E-state index is 8.87. The summed E-state index contributed by atoms with van der Waals surface area (Å²) in [6.45, 7) is 3.94. The van der Waals surface area contributed by atoms with Crippen molar-refractivity contribution in [1.29, 1.82) is 0 Å². The summed E-state index contributed by atoms with van der Waals surface area (Å²) in [5, 5.41) is 16.5. The molecule has 1 heterocycles. The zero-order valence-electron chi connectivity index (χ0n) is 11.8. The summed E-state index contributed by atoms with van der Waals surface area (Å²) in [4.78, 5) is 4.59. The predicted octanol–water partition coefficient (Wildman–Crippen LogP) is 4.23. The van der Waals surface area contributed by atoms with Crippen molar-refractivity contribution in [3.63, 3.8) is 0 Å². The van der Waals surface area contributed by atoms with E-state index in [9.17, 15) is 0 Å². The number of benzene rings is 1. The first-order chi connectivity index (χ1) is 10.1. The summed E-state index contributed by atoms with van der Waals surface area (Å²) < 4.78 is 0. The van der Waals surface area contributed by atoms with Crippen molar-refractivity contribution >= 4 is 34.5 Å². The van der Waals surface area contributed by atoms with Gasteiger partial charge in [-0.15, -0.1) is 11.3 Å². The van der Waals surface area contributed by atoms with Crippen molar-refractivity contribution in [1.82, 2.24) is 10.3 Å². The van der Waals surface area contributed by atoms with Crippen LogP contribution in [0.2, 0.25) is 10.0 Å². The highest BCUT2D eigenvalue weighted by Crippen LogP contribution is 2.31. The van der Waals surface area contributed by atoms with Crippen LogP contribution < -0.4 is 5.32 Å². The Balaban J connectivity index is 1.97. The van der Waals surface area contributed by atoms with Gasteiger partial charge >= 0.3 is 0 Å². The fraction of sp³-hybridized carbons (Fsp3) is 0.400. The minimum absolute atomic E-state index is 0.234. The van der Waals surface area contributed by atoms with Crippen molar-refractivity contribution in [3.8, 4) is 11.3 Å². The van der Waals surface area contributed by atoms with Crippen LogP contribution >= 0.6 is 34.5 Å². The summed E-state index contributed by atoms with van der Waals surface area (Å²) >= 11 is 13.8. The van der Waals surface area contributed by atoms with Crippen LogP contribution in [0.3, 0.4) is 0 Å². The fourth-order valence-electron chi connectivity index (χ4n) is 1.96. The molecule has 2 N–H and O–H groups in total. The molecule has 0 aliphatic rings. The van der Waals surface area contributed by atoms with E-state index in [0.29, 0.717) is 16.0 Å². The van der Waals surface area contributed by atoms with Gasteiger partial charge in [0, 0.05) is 29.1 Å². The maximum absolute atomic E-state index is 8.87. The highest BCUT2D eigenvalue weighted by molar-refractivity contribution is 7.09. The number of aliphatic hydroxyl groups is 1. The molecule has 0 amide bonds. The maximum Gasteiger partial charge on any atom is 0.107 e. The molecule has 0 saturated carbocycles. The molecular weight excluding hydrogens is 327 g/mol. The predicted molar refractivity (Wildman–Crippen MR) is 90.1 cm³/mol. The quantitative estimate of drug-likeness (QED) is 0.790. The highest BCUT2D eigenvalue weighted by Gasteiger charge is 2.09. The van der Waals surface area contributed by atoms with Crippen molar-refractivity contribution in [2.45, 2.75) is 19.9 Å². The Hall–Kier alpha value is -0.650. The van der Waals surface area contributed by atoms with Crippen LogP contribution in [-0.2, 0) is 6.54 Å². The lowest BCUT2D eigenvalue weighted by Gasteiger charge is -2.09. The lowest BCUT2D eigenvalue weighted by atomic mass is 10.1. The number of hydrogen-bond donors (Lipinski definition) is 2. The van der Waals surface area contributed by atoms with Crippen LogP contribution in [0, 0.1) is 5.92 Å². The van der Waals surface area contributed by atoms with Gasteiger partial charge in [-0.3, -0.25) is 0 Å². The summed E-state index contributed by atoms with van der Waals surface area (Å²) in [6, 6.07) is 5.39. The highest BCUT2D eigenvalue weighted by atomic mass is 35.5. The van der Waals surface area contributed by atoms with Gasteiger partial charge < -0.3 is 10.4 Å². The Morgan fingerprint density at radius 3 is 2.95 bits per heavy atom. The molecule has 0 aliphatic heterocycles. The third kappa shape index (κ3) is 4.94. The average Bonchev–Trinajstić information content (AvgIpc) is 2.90. The first-order valence-corrected chi connectivity index (χ1v) is 8.45. The minimum atomic E-state index is 0.234. The molecule has 0 aliphatic carbocycles. The van der Waals surface area contributed by atoms with E-state index in [1.54, 1.807) is 23.5 Å². The molecule has 2 aromatic rings. The normalized spacial score (nSPS) is 12.6. The Morgan fingerprint density at radius 1 is 1.38 bits per heavy atom. The molecule has 6 heteroatoms. The molecule has 1 atom stereocenters. The monoisotopic (exact) mass is 344 g/mol. The van der Waals surface area contributed by atoms with Gasteiger partial charge in [-0.05, 0) is 37.1 Å². The smallest absolute Gasteiger partial charge is 0.107 e. The summed E-state index contributed by atoms with van der Waals surface area (Å²) in [5.74, 6) is 0.455. The van der Waals surface area contributed by atoms with Crippen molar-refractivity contribution in [2.75, 3.05) is 13.2 Å². The van der Waals surface area contributed by atoms with E-state index in [4.69, 9.17) is 28.3 Å². The third-order valence-corrected chi connectivity index (χ3v) is 4.56. The zero-order valence-corrected chi connectivity index (χ0v) is 14.1. The van der Waals surface area contributed by atoms with E-state index in [0.717, 1.165) is 35.8 Å². The molecule has 0 bridgehead atoms. The third-order valence-electron chi connectivity index (χ3n) is 3.15.